The van der Waals surface area contributed by atoms with Gasteiger partial charge in [0.1, 0.15) is 0 Å². The van der Waals surface area contributed by atoms with E-state index in [1.54, 1.807) is 30.3 Å². The molecule has 1 aromatic heterocycles. The number of nitrogens with zero attached hydrogens (tertiary/aromatic N) is 1. The van der Waals surface area contributed by atoms with Crippen molar-refractivity contribution in [2.24, 2.45) is 0 Å². The standard InChI is InChI=1S/C28H18F3N/c29-28(30,31)27-25(21-15-8-3-9-16-21)24(20-13-6-2-7-14-20)23-18-10-17-22(26(23)32-27)19-11-4-1-5-12-19/h1-18H. The van der Waals surface area contributed by atoms with E-state index in [1.165, 1.54) is 0 Å². The van der Waals surface area contributed by atoms with Crippen LogP contribution in [-0.4, -0.2) is 4.98 Å². The van der Waals surface area contributed by atoms with Crippen molar-refractivity contribution in [3.8, 4) is 33.4 Å². The van der Waals surface area contributed by atoms with Crippen LogP contribution < -0.4 is 0 Å². The van der Waals surface area contributed by atoms with Gasteiger partial charge < -0.3 is 0 Å². The first-order valence-corrected chi connectivity index (χ1v) is 10.2. The van der Waals surface area contributed by atoms with Gasteiger partial charge in [0.25, 0.3) is 0 Å². The average Bonchev–Trinajstić information content (AvgIpc) is 2.83. The quantitative estimate of drug-likeness (QED) is 0.284. The molecule has 0 atom stereocenters. The summed E-state index contributed by atoms with van der Waals surface area (Å²) in [6.07, 6.45) is -4.62. The minimum absolute atomic E-state index is 0.0991. The highest BCUT2D eigenvalue weighted by atomic mass is 19.4. The third kappa shape index (κ3) is 3.54. The van der Waals surface area contributed by atoms with Gasteiger partial charge in [0, 0.05) is 22.1 Å². The van der Waals surface area contributed by atoms with Gasteiger partial charge in [-0.3, -0.25) is 0 Å². The lowest BCUT2D eigenvalue weighted by molar-refractivity contribution is -0.140. The number of hydrogen-bond donors (Lipinski definition) is 0. The maximum absolute atomic E-state index is 14.4. The number of fused-ring (bicyclic) bond motifs is 1. The number of aromatic nitrogens is 1. The lowest BCUT2D eigenvalue weighted by atomic mass is 9.88. The molecule has 0 aliphatic heterocycles. The van der Waals surface area contributed by atoms with Crippen LogP contribution in [0.25, 0.3) is 44.3 Å². The summed E-state index contributed by atoms with van der Waals surface area (Å²) in [4.78, 5) is 4.26. The summed E-state index contributed by atoms with van der Waals surface area (Å²) < 4.78 is 43.3. The molecule has 0 saturated heterocycles. The van der Waals surface area contributed by atoms with Crippen LogP contribution in [0.2, 0.25) is 0 Å². The number of pyridine rings is 1. The van der Waals surface area contributed by atoms with E-state index in [4.69, 9.17) is 0 Å². The average molecular weight is 425 g/mol. The van der Waals surface area contributed by atoms with Crippen LogP contribution in [0, 0.1) is 0 Å². The highest BCUT2D eigenvalue weighted by Gasteiger charge is 2.38. The summed E-state index contributed by atoms with van der Waals surface area (Å²) in [6.45, 7) is 0. The highest BCUT2D eigenvalue weighted by Crippen LogP contribution is 2.46. The fraction of sp³-hybridized carbons (Fsp3) is 0.0357. The summed E-state index contributed by atoms with van der Waals surface area (Å²) in [6, 6.07) is 32.8. The normalized spacial score (nSPS) is 11.6. The van der Waals surface area contributed by atoms with E-state index in [2.05, 4.69) is 4.98 Å². The molecule has 0 spiro atoms. The Bertz CT molecular complexity index is 1380. The fourth-order valence-corrected chi connectivity index (χ4v) is 4.13. The Morgan fingerprint density at radius 3 is 1.53 bits per heavy atom. The Labute approximate surface area is 183 Å². The van der Waals surface area contributed by atoms with Gasteiger partial charge in [-0.2, -0.15) is 13.2 Å². The summed E-state index contributed by atoms with van der Waals surface area (Å²) in [5.41, 5.74) is 2.79. The van der Waals surface area contributed by atoms with E-state index in [0.717, 1.165) is 11.1 Å². The second-order valence-electron chi connectivity index (χ2n) is 7.51. The summed E-state index contributed by atoms with van der Waals surface area (Å²) in [5.74, 6) is 0. The molecule has 0 radical (unpaired) electrons. The largest absolute Gasteiger partial charge is 0.434 e. The van der Waals surface area contributed by atoms with Crippen LogP contribution in [0.15, 0.2) is 109 Å². The number of benzene rings is 4. The maximum Gasteiger partial charge on any atom is 0.434 e. The van der Waals surface area contributed by atoms with Crippen LogP contribution in [0.1, 0.15) is 5.69 Å². The Hall–Kier alpha value is -3.92. The molecule has 0 N–H and O–H groups in total. The highest BCUT2D eigenvalue weighted by molar-refractivity contribution is 6.07. The van der Waals surface area contributed by atoms with E-state index in [-0.39, 0.29) is 5.56 Å². The summed E-state index contributed by atoms with van der Waals surface area (Å²) >= 11 is 0. The van der Waals surface area contributed by atoms with Crippen LogP contribution in [-0.2, 0) is 6.18 Å². The van der Waals surface area contributed by atoms with Crippen LogP contribution in [0.5, 0.6) is 0 Å². The van der Waals surface area contributed by atoms with E-state index < -0.39 is 11.9 Å². The molecule has 0 bridgehead atoms. The Morgan fingerprint density at radius 2 is 1.00 bits per heavy atom. The molecule has 5 aromatic rings. The lowest BCUT2D eigenvalue weighted by Gasteiger charge is -2.20. The van der Waals surface area contributed by atoms with Crippen molar-refractivity contribution in [3.63, 3.8) is 0 Å². The number of halogens is 3. The molecule has 0 fully saturated rings. The zero-order valence-electron chi connectivity index (χ0n) is 17.0. The Morgan fingerprint density at radius 1 is 0.500 bits per heavy atom. The number of alkyl halides is 3. The van der Waals surface area contributed by atoms with Crippen LogP contribution in [0.4, 0.5) is 13.2 Å². The zero-order chi connectivity index (χ0) is 22.1. The molecule has 0 unspecified atom stereocenters. The molecule has 4 aromatic carbocycles. The van der Waals surface area contributed by atoms with Crippen molar-refractivity contribution < 1.29 is 13.2 Å². The molecule has 0 amide bonds. The Kier molecular flexibility index (Phi) is 4.98. The van der Waals surface area contributed by atoms with Gasteiger partial charge in [-0.05, 0) is 16.7 Å². The predicted molar refractivity (Wildman–Crippen MR) is 123 cm³/mol. The lowest BCUT2D eigenvalue weighted by Crippen LogP contribution is -2.12. The van der Waals surface area contributed by atoms with E-state index in [0.29, 0.717) is 27.6 Å². The minimum Gasteiger partial charge on any atom is -0.242 e. The smallest absolute Gasteiger partial charge is 0.242 e. The Balaban J connectivity index is 1.98. The van der Waals surface area contributed by atoms with E-state index in [9.17, 15) is 13.2 Å². The maximum atomic E-state index is 14.4. The molecule has 5 rings (SSSR count). The molecule has 156 valence electrons. The first-order valence-electron chi connectivity index (χ1n) is 10.2. The first kappa shape index (κ1) is 20.0. The van der Waals surface area contributed by atoms with E-state index in [1.807, 2.05) is 78.9 Å². The molecular formula is C28H18F3N. The molecule has 32 heavy (non-hydrogen) atoms. The van der Waals surface area contributed by atoms with Crippen molar-refractivity contribution >= 4 is 10.9 Å². The van der Waals surface area contributed by atoms with Crippen molar-refractivity contribution in [2.75, 3.05) is 0 Å². The minimum atomic E-state index is -4.62. The number of rotatable bonds is 3. The molecular weight excluding hydrogens is 407 g/mol. The predicted octanol–water partition coefficient (Wildman–Crippen LogP) is 8.25. The molecule has 4 heteroatoms. The molecule has 0 aliphatic rings. The van der Waals surface area contributed by atoms with Crippen molar-refractivity contribution in [1.29, 1.82) is 0 Å². The second-order valence-corrected chi connectivity index (χ2v) is 7.51. The third-order valence-corrected chi connectivity index (χ3v) is 5.49. The van der Waals surface area contributed by atoms with Crippen molar-refractivity contribution in [3.05, 3.63) is 115 Å². The van der Waals surface area contributed by atoms with Crippen LogP contribution in [0.3, 0.4) is 0 Å². The molecule has 1 heterocycles. The number of hydrogen-bond acceptors (Lipinski definition) is 1. The first-order chi connectivity index (χ1) is 15.5. The monoisotopic (exact) mass is 425 g/mol. The van der Waals surface area contributed by atoms with Gasteiger partial charge in [0.2, 0.25) is 0 Å². The third-order valence-electron chi connectivity index (χ3n) is 5.49. The summed E-state index contributed by atoms with van der Waals surface area (Å²) in [5, 5.41) is 0.685. The van der Waals surface area contributed by atoms with Crippen molar-refractivity contribution in [2.45, 2.75) is 6.18 Å². The van der Waals surface area contributed by atoms with Gasteiger partial charge in [0.15, 0.2) is 5.69 Å². The van der Waals surface area contributed by atoms with Crippen molar-refractivity contribution in [1.82, 2.24) is 4.98 Å². The molecule has 1 nitrogen and oxygen atoms in total. The molecule has 0 aliphatic carbocycles. The zero-order valence-corrected chi connectivity index (χ0v) is 17.0. The topological polar surface area (TPSA) is 12.9 Å². The SMILES string of the molecule is FC(F)(F)c1nc2c(-c3ccccc3)cccc2c(-c2ccccc2)c1-c1ccccc1. The number of para-hydroxylation sites is 1. The van der Waals surface area contributed by atoms with Gasteiger partial charge >= 0.3 is 6.18 Å². The van der Waals surface area contributed by atoms with Gasteiger partial charge in [0.05, 0.1) is 5.52 Å². The fourth-order valence-electron chi connectivity index (χ4n) is 4.13. The van der Waals surface area contributed by atoms with Gasteiger partial charge in [-0.15, -0.1) is 0 Å². The van der Waals surface area contributed by atoms with Gasteiger partial charge in [-0.1, -0.05) is 109 Å². The summed E-state index contributed by atoms with van der Waals surface area (Å²) in [7, 11) is 0. The van der Waals surface area contributed by atoms with Crippen LogP contribution >= 0.6 is 0 Å². The van der Waals surface area contributed by atoms with E-state index >= 15 is 0 Å². The molecule has 0 saturated carbocycles. The second kappa shape index (κ2) is 7.97. The van der Waals surface area contributed by atoms with Gasteiger partial charge in [-0.25, -0.2) is 4.98 Å².